The molecule has 3 amide bonds. The molecule has 0 saturated carbocycles. The summed E-state index contributed by atoms with van der Waals surface area (Å²) < 4.78 is 0. The Morgan fingerprint density at radius 1 is 1.16 bits per heavy atom. The Hall–Kier alpha value is -3.03. The third-order valence-corrected chi connectivity index (χ3v) is 4.78. The average molecular weight is 340 g/mol. The lowest BCUT2D eigenvalue weighted by Crippen LogP contribution is -2.62. The molecule has 1 fully saturated rings. The van der Waals surface area contributed by atoms with Crippen LogP contribution in [0.2, 0.25) is 0 Å². The number of hydrogen-bond acceptors (Lipinski definition) is 6. The molecule has 1 aromatic carbocycles. The fourth-order valence-electron chi connectivity index (χ4n) is 3.42. The van der Waals surface area contributed by atoms with E-state index in [0.717, 1.165) is 17.1 Å². The summed E-state index contributed by atoms with van der Waals surface area (Å²) in [5, 5.41) is 2.38. The number of hydrogen-bond donors (Lipinski definition) is 1. The summed E-state index contributed by atoms with van der Waals surface area (Å²) in [6.07, 6.45) is 1.40. The highest BCUT2D eigenvalue weighted by Gasteiger charge is 2.51. The first-order valence-corrected chi connectivity index (χ1v) is 8.08. The fraction of sp³-hybridized carbons (Fsp3) is 0.353. The molecule has 1 aromatic rings. The van der Waals surface area contributed by atoms with E-state index in [0.29, 0.717) is 5.96 Å². The molecule has 1 N–H and O–H groups in total. The molecule has 130 valence electrons. The van der Waals surface area contributed by atoms with Crippen LogP contribution in [0.3, 0.4) is 0 Å². The second-order valence-electron chi connectivity index (χ2n) is 6.62. The number of amides is 3. The van der Waals surface area contributed by atoms with Gasteiger partial charge in [-0.1, -0.05) is 0 Å². The van der Waals surface area contributed by atoms with Gasteiger partial charge >= 0.3 is 6.03 Å². The first-order chi connectivity index (χ1) is 11.9. The van der Waals surface area contributed by atoms with Crippen molar-refractivity contribution in [2.45, 2.75) is 19.1 Å². The van der Waals surface area contributed by atoms with Crippen LogP contribution >= 0.6 is 0 Å². The van der Waals surface area contributed by atoms with Crippen molar-refractivity contribution in [1.29, 1.82) is 0 Å². The topological polar surface area (TPSA) is 71.5 Å². The number of benzene rings is 1. The standard InChI is InChI=1S/C17H20N6O2/c1-10-9-22-13-14(21(4)17(25)19-15(13)24)18-16(22)23(10)12-7-5-11(6-8-12)20(2)3/h5-9,13-14H,1-4H3,(H,19,24,25). The molecule has 3 aliphatic rings. The molecule has 0 radical (unpaired) electrons. The van der Waals surface area contributed by atoms with Crippen LogP contribution in [-0.4, -0.2) is 61.0 Å². The quantitative estimate of drug-likeness (QED) is 0.869. The Labute approximate surface area is 146 Å². The second-order valence-corrected chi connectivity index (χ2v) is 6.62. The van der Waals surface area contributed by atoms with Crippen LogP contribution in [0, 0.1) is 0 Å². The number of fused-ring (bicyclic) bond motifs is 3. The normalized spacial score (nSPS) is 24.7. The molecule has 8 nitrogen and oxygen atoms in total. The Morgan fingerprint density at radius 3 is 2.48 bits per heavy atom. The lowest BCUT2D eigenvalue weighted by molar-refractivity contribution is -0.126. The van der Waals surface area contributed by atoms with Crippen LogP contribution in [0.15, 0.2) is 41.2 Å². The predicted molar refractivity (Wildman–Crippen MR) is 95.2 cm³/mol. The molecule has 0 spiro atoms. The van der Waals surface area contributed by atoms with Gasteiger partial charge in [0.2, 0.25) is 5.96 Å². The van der Waals surface area contributed by atoms with E-state index in [-0.39, 0.29) is 5.91 Å². The predicted octanol–water partition coefficient (Wildman–Crippen LogP) is 0.982. The van der Waals surface area contributed by atoms with Crippen molar-refractivity contribution < 1.29 is 9.59 Å². The zero-order chi connectivity index (χ0) is 17.9. The maximum Gasteiger partial charge on any atom is 0.325 e. The van der Waals surface area contributed by atoms with Gasteiger partial charge in [-0.15, -0.1) is 0 Å². The number of anilines is 2. The van der Waals surface area contributed by atoms with Gasteiger partial charge in [-0.2, -0.15) is 0 Å². The summed E-state index contributed by atoms with van der Waals surface area (Å²) in [5.41, 5.74) is 3.05. The van der Waals surface area contributed by atoms with E-state index in [1.165, 1.54) is 4.90 Å². The summed E-state index contributed by atoms with van der Waals surface area (Å²) in [4.78, 5) is 36.2. The number of nitrogens with zero attached hydrogens (tertiary/aromatic N) is 5. The molecule has 1 saturated heterocycles. The minimum absolute atomic E-state index is 0.319. The minimum atomic E-state index is -0.529. The molecular formula is C17H20N6O2. The van der Waals surface area contributed by atoms with Crippen molar-refractivity contribution in [1.82, 2.24) is 15.1 Å². The first kappa shape index (κ1) is 15.5. The monoisotopic (exact) mass is 340 g/mol. The van der Waals surface area contributed by atoms with Crippen molar-refractivity contribution in [3.63, 3.8) is 0 Å². The number of imide groups is 1. The molecule has 8 heteroatoms. The molecule has 3 heterocycles. The Bertz CT molecular complexity index is 813. The number of carbonyl (C=O) groups excluding carboxylic acids is 2. The zero-order valence-corrected chi connectivity index (χ0v) is 14.6. The molecule has 0 aliphatic carbocycles. The minimum Gasteiger partial charge on any atom is -0.378 e. The summed E-state index contributed by atoms with van der Waals surface area (Å²) in [5.74, 6) is 0.350. The molecule has 2 atom stereocenters. The lowest BCUT2D eigenvalue weighted by atomic mass is 10.1. The van der Waals surface area contributed by atoms with E-state index < -0.39 is 18.2 Å². The number of allylic oxidation sites excluding steroid dienone is 1. The number of rotatable bonds is 2. The Kier molecular flexibility index (Phi) is 3.24. The van der Waals surface area contributed by atoms with Gasteiger partial charge in [-0.3, -0.25) is 15.0 Å². The summed E-state index contributed by atoms with van der Waals surface area (Å²) >= 11 is 0. The molecule has 0 bridgehead atoms. The van der Waals surface area contributed by atoms with Gasteiger partial charge in [-0.05, 0) is 31.2 Å². The number of urea groups is 1. The van der Waals surface area contributed by atoms with E-state index in [9.17, 15) is 9.59 Å². The van der Waals surface area contributed by atoms with E-state index in [4.69, 9.17) is 0 Å². The highest BCUT2D eigenvalue weighted by Crippen LogP contribution is 2.35. The van der Waals surface area contributed by atoms with Gasteiger partial charge < -0.3 is 14.7 Å². The van der Waals surface area contributed by atoms with Crippen molar-refractivity contribution >= 4 is 29.3 Å². The highest BCUT2D eigenvalue weighted by atomic mass is 16.2. The second kappa shape index (κ2) is 5.23. The van der Waals surface area contributed by atoms with Crippen LogP contribution in [-0.2, 0) is 4.79 Å². The highest BCUT2D eigenvalue weighted by molar-refractivity contribution is 6.09. The van der Waals surface area contributed by atoms with Gasteiger partial charge in [0.25, 0.3) is 5.91 Å². The molecule has 0 aromatic heterocycles. The number of likely N-dealkylation sites (N-methyl/N-ethyl adjacent to an activating group) is 1. The molecule has 3 aliphatic heterocycles. The first-order valence-electron chi connectivity index (χ1n) is 8.08. The third-order valence-electron chi connectivity index (χ3n) is 4.78. The number of guanidine groups is 1. The van der Waals surface area contributed by atoms with Gasteiger partial charge in [-0.25, -0.2) is 9.79 Å². The Morgan fingerprint density at radius 2 is 1.84 bits per heavy atom. The fourth-order valence-corrected chi connectivity index (χ4v) is 3.42. The van der Waals surface area contributed by atoms with Crippen molar-refractivity contribution in [3.05, 3.63) is 36.2 Å². The van der Waals surface area contributed by atoms with E-state index >= 15 is 0 Å². The lowest BCUT2D eigenvalue weighted by Gasteiger charge is -2.34. The van der Waals surface area contributed by atoms with E-state index in [1.54, 1.807) is 7.05 Å². The van der Waals surface area contributed by atoms with Gasteiger partial charge in [0.15, 0.2) is 12.2 Å². The largest absolute Gasteiger partial charge is 0.378 e. The average Bonchev–Trinajstić information content (AvgIpc) is 3.07. The van der Waals surface area contributed by atoms with Gasteiger partial charge in [0.1, 0.15) is 0 Å². The van der Waals surface area contributed by atoms with Crippen molar-refractivity contribution in [2.24, 2.45) is 4.99 Å². The smallest absolute Gasteiger partial charge is 0.325 e. The van der Waals surface area contributed by atoms with Crippen LogP contribution in [0.25, 0.3) is 0 Å². The van der Waals surface area contributed by atoms with Crippen LogP contribution < -0.4 is 15.1 Å². The summed E-state index contributed by atoms with van der Waals surface area (Å²) in [7, 11) is 5.64. The van der Waals surface area contributed by atoms with Crippen LogP contribution in [0.5, 0.6) is 0 Å². The zero-order valence-electron chi connectivity index (χ0n) is 14.6. The van der Waals surface area contributed by atoms with Gasteiger partial charge in [0.05, 0.1) is 0 Å². The van der Waals surface area contributed by atoms with Crippen molar-refractivity contribution in [2.75, 3.05) is 30.9 Å². The molecule has 2 unspecified atom stereocenters. The van der Waals surface area contributed by atoms with Gasteiger partial charge in [0, 0.05) is 44.4 Å². The maximum atomic E-state index is 12.3. The number of nitrogens with one attached hydrogen (secondary N) is 1. The number of carbonyl (C=O) groups is 2. The van der Waals surface area contributed by atoms with E-state index in [1.807, 2.05) is 66.2 Å². The third kappa shape index (κ3) is 2.17. The van der Waals surface area contributed by atoms with Crippen LogP contribution in [0.4, 0.5) is 16.2 Å². The molecule has 4 rings (SSSR count). The molecular weight excluding hydrogens is 320 g/mol. The Balaban J connectivity index is 1.71. The van der Waals surface area contributed by atoms with E-state index in [2.05, 4.69) is 10.3 Å². The van der Waals surface area contributed by atoms with Crippen molar-refractivity contribution in [3.8, 4) is 0 Å². The number of aliphatic imine (C=N–C) groups is 1. The maximum absolute atomic E-state index is 12.3. The summed E-state index contributed by atoms with van der Waals surface area (Å²) in [6.45, 7) is 1.98. The molecule has 25 heavy (non-hydrogen) atoms. The SMILES string of the molecule is CC1=CN2C(=NC3C2C(=O)NC(=O)N3C)N1c1ccc(N(C)C)cc1. The van der Waals surface area contributed by atoms with Crippen LogP contribution in [0.1, 0.15) is 6.92 Å². The summed E-state index contributed by atoms with van der Waals surface area (Å²) in [6, 6.07) is 7.18.